The lowest BCUT2D eigenvalue weighted by Gasteiger charge is -1.81. The summed E-state index contributed by atoms with van der Waals surface area (Å²) in [5, 5.41) is 0. The molecule has 1 nitrogen and oxygen atoms in total. The van der Waals surface area contributed by atoms with Crippen LogP contribution >= 0.6 is 16.1 Å². The van der Waals surface area contributed by atoms with Crippen molar-refractivity contribution in [3.8, 4) is 0 Å². The second-order valence-corrected chi connectivity index (χ2v) is 1.30. The van der Waals surface area contributed by atoms with Crippen molar-refractivity contribution in [3.63, 3.8) is 0 Å². The lowest BCUT2D eigenvalue weighted by molar-refractivity contribution is 0.949. The number of hydrogen-bond acceptors (Lipinski definition) is 1. The summed E-state index contributed by atoms with van der Waals surface area (Å²) in [5.41, 5.74) is 0. The van der Waals surface area contributed by atoms with Gasteiger partial charge in [0.25, 0.3) is 0 Å². The van der Waals surface area contributed by atoms with Gasteiger partial charge in [0.1, 0.15) is 0 Å². The summed E-state index contributed by atoms with van der Waals surface area (Å²) in [4.78, 5) is 0. The molecule has 0 bridgehead atoms. The minimum Gasteiger partial charge on any atom is -0.256 e. The molecule has 5 heavy (non-hydrogen) atoms. The molecule has 0 fully saturated rings. The van der Waals surface area contributed by atoms with Gasteiger partial charge in [-0.25, -0.2) is 0 Å². The zero-order chi connectivity index (χ0) is 4.12. The zero-order valence-corrected chi connectivity index (χ0v) is 4.59. The molecule has 2 heteroatoms. The van der Waals surface area contributed by atoms with Gasteiger partial charge in [-0.3, -0.25) is 4.34 Å². The van der Waals surface area contributed by atoms with Crippen LogP contribution in [0.4, 0.5) is 0 Å². The summed E-state index contributed by atoms with van der Waals surface area (Å²) < 4.78 is 2.77. The van der Waals surface area contributed by atoms with Crippen LogP contribution in [0.25, 0.3) is 0 Å². The first-order valence-corrected chi connectivity index (χ1v) is 2.34. The van der Waals surface area contributed by atoms with E-state index in [0.717, 1.165) is 13.0 Å². The molecular formula is C3H7BrN. The fraction of sp³-hybridized carbons (Fsp3) is 0.667. The first-order valence-electron chi connectivity index (χ1n) is 1.54. The van der Waals surface area contributed by atoms with Crippen LogP contribution in [0, 0.1) is 6.92 Å². The third kappa shape index (κ3) is 4.44. The Bertz CT molecular complexity index is 14.4. The van der Waals surface area contributed by atoms with Gasteiger partial charge >= 0.3 is 0 Å². The van der Waals surface area contributed by atoms with Crippen molar-refractivity contribution in [1.82, 2.24) is 4.34 Å². The molecule has 0 aliphatic carbocycles. The molecule has 0 aromatic rings. The second-order valence-electron chi connectivity index (χ2n) is 0.737. The Morgan fingerprint density at radius 3 is 2.40 bits per heavy atom. The highest BCUT2D eigenvalue weighted by molar-refractivity contribution is 9.08. The van der Waals surface area contributed by atoms with Gasteiger partial charge in [0.05, 0.1) is 0 Å². The van der Waals surface area contributed by atoms with Crippen LogP contribution < -0.4 is 4.34 Å². The molecule has 0 spiro atoms. The average molecular weight is 137 g/mol. The quantitative estimate of drug-likeness (QED) is 0.562. The first kappa shape index (κ1) is 5.44. The predicted molar refractivity (Wildman–Crippen MR) is 26.9 cm³/mol. The third-order valence-electron chi connectivity index (χ3n) is 0.271. The van der Waals surface area contributed by atoms with Crippen LogP contribution in [0.15, 0.2) is 0 Å². The Kier molecular flexibility index (Phi) is 4.83. The highest BCUT2D eigenvalue weighted by Crippen LogP contribution is 1.69. The molecule has 0 aromatic heterocycles. The van der Waals surface area contributed by atoms with Crippen molar-refractivity contribution in [2.24, 2.45) is 0 Å². The van der Waals surface area contributed by atoms with Crippen LogP contribution in [-0.2, 0) is 0 Å². The van der Waals surface area contributed by atoms with Crippen molar-refractivity contribution < 1.29 is 0 Å². The van der Waals surface area contributed by atoms with Crippen LogP contribution in [0.5, 0.6) is 0 Å². The molecule has 0 saturated carbocycles. The first-order chi connectivity index (χ1) is 2.41. The molecule has 0 rings (SSSR count). The SMILES string of the molecule is [CH2]CCNBr. The van der Waals surface area contributed by atoms with Crippen LogP contribution in [-0.4, -0.2) is 6.54 Å². The normalized spacial score (nSPS) is 8.40. The van der Waals surface area contributed by atoms with Crippen LogP contribution in [0.1, 0.15) is 6.42 Å². The maximum absolute atomic E-state index is 3.58. The van der Waals surface area contributed by atoms with Crippen molar-refractivity contribution in [2.75, 3.05) is 6.54 Å². The van der Waals surface area contributed by atoms with Gasteiger partial charge in [-0.2, -0.15) is 0 Å². The Balaban J connectivity index is 2.19. The van der Waals surface area contributed by atoms with E-state index in [1.165, 1.54) is 0 Å². The fourth-order valence-electron chi connectivity index (χ4n) is 0.0668. The van der Waals surface area contributed by atoms with Crippen LogP contribution in [0.3, 0.4) is 0 Å². The topological polar surface area (TPSA) is 12.0 Å². The van der Waals surface area contributed by atoms with Gasteiger partial charge in [0.2, 0.25) is 0 Å². The predicted octanol–water partition coefficient (Wildman–Crippen LogP) is 1.11. The Morgan fingerprint density at radius 1 is 1.80 bits per heavy atom. The summed E-state index contributed by atoms with van der Waals surface area (Å²) in [6.07, 6.45) is 0.936. The molecule has 1 N–H and O–H groups in total. The van der Waals surface area contributed by atoms with Crippen molar-refractivity contribution in [1.29, 1.82) is 0 Å². The molecular weight excluding hydrogens is 130 g/mol. The maximum Gasteiger partial charge on any atom is 0.00875 e. The lowest BCUT2D eigenvalue weighted by Crippen LogP contribution is -1.95. The van der Waals surface area contributed by atoms with E-state index < -0.39 is 0 Å². The minimum absolute atomic E-state index is 0.936. The third-order valence-corrected chi connectivity index (χ3v) is 0.668. The fourth-order valence-corrected chi connectivity index (χ4v) is 0.347. The van der Waals surface area contributed by atoms with E-state index in [4.69, 9.17) is 0 Å². The zero-order valence-electron chi connectivity index (χ0n) is 3.00. The number of hydrogen-bond donors (Lipinski definition) is 1. The summed E-state index contributed by atoms with van der Waals surface area (Å²) in [6.45, 7) is 4.53. The molecule has 0 unspecified atom stereocenters. The lowest BCUT2D eigenvalue weighted by atomic mass is 10.5. The van der Waals surface area contributed by atoms with Gasteiger partial charge < -0.3 is 0 Å². The Labute approximate surface area is 41.1 Å². The molecule has 1 radical (unpaired) electrons. The van der Waals surface area contributed by atoms with E-state index >= 15 is 0 Å². The number of rotatable bonds is 2. The molecule has 0 atom stereocenters. The van der Waals surface area contributed by atoms with Gasteiger partial charge in [-0.1, -0.05) is 6.92 Å². The number of nitrogens with one attached hydrogen (secondary N) is 1. The molecule has 0 aliphatic rings. The summed E-state index contributed by atoms with van der Waals surface area (Å²) in [6, 6.07) is 0. The molecule has 0 aromatic carbocycles. The molecule has 0 amide bonds. The van der Waals surface area contributed by atoms with Gasteiger partial charge in [-0.05, 0) is 6.42 Å². The van der Waals surface area contributed by atoms with Gasteiger partial charge in [0.15, 0.2) is 0 Å². The van der Waals surface area contributed by atoms with Crippen LogP contribution in [0.2, 0.25) is 0 Å². The van der Waals surface area contributed by atoms with E-state index in [1.54, 1.807) is 0 Å². The standard InChI is InChI=1S/C3H7BrN/c1-2-3-5-4/h5H,1-3H2. The molecule has 0 aliphatic heterocycles. The summed E-state index contributed by atoms with van der Waals surface area (Å²) in [7, 11) is 0. The number of halogens is 1. The van der Waals surface area contributed by atoms with E-state index in [0.29, 0.717) is 0 Å². The monoisotopic (exact) mass is 136 g/mol. The molecule has 0 saturated heterocycles. The highest BCUT2D eigenvalue weighted by Gasteiger charge is 1.66. The largest absolute Gasteiger partial charge is 0.256 e. The average Bonchev–Trinajstić information content (AvgIpc) is 1.41. The summed E-state index contributed by atoms with van der Waals surface area (Å²) in [5.74, 6) is 0. The van der Waals surface area contributed by atoms with E-state index in [2.05, 4.69) is 27.4 Å². The minimum atomic E-state index is 0.936. The smallest absolute Gasteiger partial charge is 0.00875 e. The second kappa shape index (κ2) is 4.44. The van der Waals surface area contributed by atoms with E-state index in [9.17, 15) is 0 Å². The van der Waals surface area contributed by atoms with E-state index in [1.807, 2.05) is 0 Å². The van der Waals surface area contributed by atoms with Crippen molar-refractivity contribution in [3.05, 3.63) is 6.92 Å². The van der Waals surface area contributed by atoms with Gasteiger partial charge in [0, 0.05) is 22.7 Å². The maximum atomic E-state index is 3.58. The Morgan fingerprint density at radius 2 is 2.40 bits per heavy atom. The summed E-state index contributed by atoms with van der Waals surface area (Å²) >= 11 is 3.02. The van der Waals surface area contributed by atoms with Crippen molar-refractivity contribution in [2.45, 2.75) is 6.42 Å². The Hall–Kier alpha value is 0.440. The highest BCUT2D eigenvalue weighted by atomic mass is 79.9. The van der Waals surface area contributed by atoms with E-state index in [-0.39, 0.29) is 0 Å². The molecule has 31 valence electrons. The van der Waals surface area contributed by atoms with Gasteiger partial charge in [-0.15, -0.1) is 0 Å². The van der Waals surface area contributed by atoms with Crippen molar-refractivity contribution >= 4 is 16.1 Å². The molecule has 0 heterocycles.